The minimum absolute atomic E-state index is 0.0679. The van der Waals surface area contributed by atoms with Gasteiger partial charge in [-0.25, -0.2) is 0 Å². The Morgan fingerprint density at radius 3 is 2.72 bits per heavy atom. The Kier molecular flexibility index (Phi) is 7.15. The maximum atomic E-state index is 11.7. The number of carbonyl (C=O) groups is 1. The van der Waals surface area contributed by atoms with E-state index in [0.29, 0.717) is 31.0 Å². The zero-order valence-corrected chi connectivity index (χ0v) is 11.7. The summed E-state index contributed by atoms with van der Waals surface area (Å²) in [5.74, 6) is 0.0679. The van der Waals surface area contributed by atoms with Gasteiger partial charge in [0.25, 0.3) is 0 Å². The van der Waals surface area contributed by atoms with Crippen molar-refractivity contribution in [2.75, 3.05) is 33.4 Å². The smallest absolute Gasteiger partial charge is 0.224 e. The van der Waals surface area contributed by atoms with E-state index < -0.39 is 0 Å². The molecule has 0 radical (unpaired) electrons. The van der Waals surface area contributed by atoms with Gasteiger partial charge in [0.05, 0.1) is 24.1 Å². The molecule has 2 N–H and O–H groups in total. The highest BCUT2D eigenvalue weighted by Gasteiger charge is 2.15. The van der Waals surface area contributed by atoms with E-state index in [1.165, 1.54) is 0 Å². The standard InChI is InChI=1S/C12H22N2O3S/c1-14(6-2-11(13)18)12(15)5-9-17-10-3-7-16-8-4-10/h10H,2-9H2,1H3,(H2,13,18). The Morgan fingerprint density at radius 1 is 1.44 bits per heavy atom. The highest BCUT2D eigenvalue weighted by Crippen LogP contribution is 2.10. The first-order chi connectivity index (χ1) is 8.59. The SMILES string of the molecule is CN(CCC(N)=S)C(=O)CCOC1CCOCC1. The molecule has 5 nitrogen and oxygen atoms in total. The molecule has 104 valence electrons. The van der Waals surface area contributed by atoms with E-state index in [1.807, 2.05) is 0 Å². The number of rotatable bonds is 7. The topological polar surface area (TPSA) is 64.8 Å². The molecule has 6 heteroatoms. The number of carbonyl (C=O) groups excluding carboxylic acids is 1. The molecule has 0 bridgehead atoms. The first-order valence-electron chi connectivity index (χ1n) is 6.31. The minimum Gasteiger partial charge on any atom is -0.393 e. The second kappa shape index (κ2) is 8.39. The van der Waals surface area contributed by atoms with E-state index in [1.54, 1.807) is 11.9 Å². The maximum absolute atomic E-state index is 11.7. The predicted octanol–water partition coefficient (Wildman–Crippen LogP) is 0.707. The molecule has 0 aromatic carbocycles. The molecule has 0 aliphatic carbocycles. The Hall–Kier alpha value is -0.720. The quantitative estimate of drug-likeness (QED) is 0.693. The first kappa shape index (κ1) is 15.3. The van der Waals surface area contributed by atoms with Gasteiger partial charge in [0.15, 0.2) is 0 Å². The molecule has 1 aliphatic heterocycles. The number of amides is 1. The Morgan fingerprint density at radius 2 is 2.11 bits per heavy atom. The molecule has 0 aromatic rings. The van der Waals surface area contributed by atoms with Crippen molar-refractivity contribution in [1.82, 2.24) is 4.90 Å². The zero-order valence-electron chi connectivity index (χ0n) is 10.9. The van der Waals surface area contributed by atoms with Crippen LogP contribution in [0.2, 0.25) is 0 Å². The summed E-state index contributed by atoms with van der Waals surface area (Å²) in [4.78, 5) is 13.8. The highest BCUT2D eigenvalue weighted by molar-refractivity contribution is 7.80. The Bertz CT molecular complexity index is 280. The van der Waals surface area contributed by atoms with Crippen LogP contribution in [0.3, 0.4) is 0 Å². The Balaban J connectivity index is 2.09. The summed E-state index contributed by atoms with van der Waals surface area (Å²) in [5.41, 5.74) is 5.40. The lowest BCUT2D eigenvalue weighted by atomic mass is 10.1. The molecule has 1 heterocycles. The van der Waals surface area contributed by atoms with E-state index in [9.17, 15) is 4.79 Å². The van der Waals surface area contributed by atoms with Gasteiger partial charge in [-0.05, 0) is 12.8 Å². The molecule has 0 spiro atoms. The van der Waals surface area contributed by atoms with Gasteiger partial charge < -0.3 is 20.1 Å². The van der Waals surface area contributed by atoms with Crippen molar-refractivity contribution in [1.29, 1.82) is 0 Å². The lowest BCUT2D eigenvalue weighted by Gasteiger charge is -2.23. The molecule has 0 unspecified atom stereocenters. The second-order valence-electron chi connectivity index (χ2n) is 4.46. The third-order valence-electron chi connectivity index (χ3n) is 2.96. The van der Waals surface area contributed by atoms with Crippen molar-refractivity contribution in [3.8, 4) is 0 Å². The van der Waals surface area contributed by atoms with Gasteiger partial charge in [-0.2, -0.15) is 0 Å². The summed E-state index contributed by atoms with van der Waals surface area (Å²) >= 11 is 4.78. The summed E-state index contributed by atoms with van der Waals surface area (Å²) in [6, 6.07) is 0. The largest absolute Gasteiger partial charge is 0.393 e. The summed E-state index contributed by atoms with van der Waals surface area (Å²) < 4.78 is 10.9. The number of ether oxygens (including phenoxy) is 2. The number of nitrogens with two attached hydrogens (primary N) is 1. The van der Waals surface area contributed by atoms with E-state index in [2.05, 4.69) is 0 Å². The van der Waals surface area contributed by atoms with E-state index >= 15 is 0 Å². The summed E-state index contributed by atoms with van der Waals surface area (Å²) in [7, 11) is 1.76. The van der Waals surface area contributed by atoms with Crippen LogP contribution in [0.15, 0.2) is 0 Å². The summed E-state index contributed by atoms with van der Waals surface area (Å²) in [6.07, 6.45) is 3.06. The minimum atomic E-state index is 0.0679. The van der Waals surface area contributed by atoms with Gasteiger partial charge in [-0.1, -0.05) is 12.2 Å². The fourth-order valence-corrected chi connectivity index (χ4v) is 1.84. The average molecular weight is 274 g/mol. The van der Waals surface area contributed by atoms with Crippen molar-refractivity contribution < 1.29 is 14.3 Å². The molecule has 0 atom stereocenters. The molecular formula is C12H22N2O3S. The van der Waals surface area contributed by atoms with Crippen LogP contribution in [-0.2, 0) is 14.3 Å². The Labute approximate surface area is 114 Å². The van der Waals surface area contributed by atoms with Crippen molar-refractivity contribution in [2.24, 2.45) is 5.73 Å². The predicted molar refractivity (Wildman–Crippen MR) is 73.4 cm³/mol. The third kappa shape index (κ3) is 6.28. The van der Waals surface area contributed by atoms with Crippen molar-refractivity contribution >= 4 is 23.1 Å². The van der Waals surface area contributed by atoms with Crippen molar-refractivity contribution in [3.63, 3.8) is 0 Å². The third-order valence-corrected chi connectivity index (χ3v) is 3.16. The van der Waals surface area contributed by atoms with Crippen LogP contribution >= 0.6 is 12.2 Å². The fraction of sp³-hybridized carbons (Fsp3) is 0.833. The van der Waals surface area contributed by atoms with Crippen LogP contribution in [0.5, 0.6) is 0 Å². The van der Waals surface area contributed by atoms with Crippen LogP contribution in [0, 0.1) is 0 Å². The maximum Gasteiger partial charge on any atom is 0.224 e. The molecule has 1 rings (SSSR count). The van der Waals surface area contributed by atoms with Crippen LogP contribution in [-0.4, -0.2) is 55.3 Å². The molecule has 0 saturated carbocycles. The number of hydrogen-bond donors (Lipinski definition) is 1. The first-order valence-corrected chi connectivity index (χ1v) is 6.72. The van der Waals surface area contributed by atoms with Crippen molar-refractivity contribution in [3.05, 3.63) is 0 Å². The van der Waals surface area contributed by atoms with E-state index in [0.717, 1.165) is 26.1 Å². The monoisotopic (exact) mass is 274 g/mol. The second-order valence-corrected chi connectivity index (χ2v) is 4.99. The molecule has 1 amide bonds. The molecular weight excluding hydrogens is 252 g/mol. The fourth-order valence-electron chi connectivity index (χ4n) is 1.75. The lowest BCUT2D eigenvalue weighted by Crippen LogP contribution is -2.31. The zero-order chi connectivity index (χ0) is 13.4. The van der Waals surface area contributed by atoms with Gasteiger partial charge >= 0.3 is 0 Å². The highest BCUT2D eigenvalue weighted by atomic mass is 32.1. The van der Waals surface area contributed by atoms with E-state index in [-0.39, 0.29) is 12.0 Å². The van der Waals surface area contributed by atoms with Crippen molar-refractivity contribution in [2.45, 2.75) is 31.8 Å². The van der Waals surface area contributed by atoms with Gasteiger partial charge in [0, 0.05) is 33.2 Å². The van der Waals surface area contributed by atoms with Crippen LogP contribution in [0.25, 0.3) is 0 Å². The molecule has 1 saturated heterocycles. The van der Waals surface area contributed by atoms with Gasteiger partial charge in [0.1, 0.15) is 0 Å². The number of thiocarbonyl (C=S) groups is 1. The van der Waals surface area contributed by atoms with Crippen LogP contribution in [0.4, 0.5) is 0 Å². The number of nitrogens with zero attached hydrogens (tertiary/aromatic N) is 1. The molecule has 1 fully saturated rings. The van der Waals surface area contributed by atoms with Gasteiger partial charge in [-0.3, -0.25) is 4.79 Å². The summed E-state index contributed by atoms with van der Waals surface area (Å²) in [6.45, 7) is 2.56. The normalized spacial score (nSPS) is 16.5. The van der Waals surface area contributed by atoms with Gasteiger partial charge in [-0.15, -0.1) is 0 Å². The molecule has 18 heavy (non-hydrogen) atoms. The van der Waals surface area contributed by atoms with Crippen LogP contribution in [0.1, 0.15) is 25.7 Å². The summed E-state index contributed by atoms with van der Waals surface area (Å²) in [5, 5.41) is 0. The van der Waals surface area contributed by atoms with Gasteiger partial charge in [0.2, 0.25) is 5.91 Å². The number of hydrogen-bond acceptors (Lipinski definition) is 4. The lowest BCUT2D eigenvalue weighted by molar-refractivity contribution is -0.131. The molecule has 0 aromatic heterocycles. The average Bonchev–Trinajstić information content (AvgIpc) is 2.37. The molecule has 1 aliphatic rings. The van der Waals surface area contributed by atoms with E-state index in [4.69, 9.17) is 27.4 Å². The van der Waals surface area contributed by atoms with Crippen LogP contribution < -0.4 is 5.73 Å².